The molecule has 4 aromatic rings. The molecule has 0 unspecified atom stereocenters. The van der Waals surface area contributed by atoms with Crippen LogP contribution in [-0.2, 0) is 0 Å². The number of H-pyrrole nitrogens is 1. The van der Waals surface area contributed by atoms with Gasteiger partial charge in [-0.25, -0.2) is 19.2 Å². The minimum atomic E-state index is -1.01. The van der Waals surface area contributed by atoms with Gasteiger partial charge in [-0.3, -0.25) is 4.98 Å². The van der Waals surface area contributed by atoms with Crippen LogP contribution in [0.15, 0.2) is 42.7 Å². The van der Waals surface area contributed by atoms with Gasteiger partial charge in [-0.05, 0) is 73.4 Å². The maximum absolute atomic E-state index is 13.8. The van der Waals surface area contributed by atoms with Crippen LogP contribution in [0.4, 0.5) is 4.39 Å². The quantitative estimate of drug-likeness (QED) is 0.462. The number of pyridine rings is 2. The van der Waals surface area contributed by atoms with Crippen molar-refractivity contribution in [2.45, 2.75) is 44.4 Å². The Balaban J connectivity index is 1.33. The van der Waals surface area contributed by atoms with E-state index in [-0.39, 0.29) is 17.3 Å². The second-order valence-corrected chi connectivity index (χ2v) is 8.48. The molecule has 0 radical (unpaired) electrons. The minimum absolute atomic E-state index is 0.139. The molecule has 3 aromatic heterocycles. The Morgan fingerprint density at radius 1 is 1.13 bits per heavy atom. The van der Waals surface area contributed by atoms with Crippen LogP contribution in [0.1, 0.15) is 66.2 Å². The maximum Gasteiger partial charge on any atom is 0.337 e. The number of halogens is 1. The van der Waals surface area contributed by atoms with E-state index in [4.69, 9.17) is 5.11 Å². The highest BCUT2D eigenvalue weighted by Crippen LogP contribution is 2.42. The summed E-state index contributed by atoms with van der Waals surface area (Å²) in [5.74, 6) is 0.703. The molecule has 0 aliphatic heterocycles. The topological polar surface area (TPSA) is 91.8 Å². The summed E-state index contributed by atoms with van der Waals surface area (Å²) in [6.07, 6.45) is 7.34. The van der Waals surface area contributed by atoms with E-state index in [1.165, 1.54) is 17.8 Å². The summed E-state index contributed by atoms with van der Waals surface area (Å²) in [6, 6.07) is 8.38. The van der Waals surface area contributed by atoms with Gasteiger partial charge in [0.2, 0.25) is 0 Å². The number of carboxylic acid groups (broad SMARTS) is 1. The molecule has 1 atom stereocenters. The van der Waals surface area contributed by atoms with Crippen LogP contribution in [0.5, 0.6) is 0 Å². The second-order valence-electron chi connectivity index (χ2n) is 8.48. The molecule has 158 valence electrons. The summed E-state index contributed by atoms with van der Waals surface area (Å²) in [6.45, 7) is 2.16. The maximum atomic E-state index is 13.8. The highest BCUT2D eigenvalue weighted by atomic mass is 19.1. The number of fused-ring (bicyclic) bond motifs is 2. The van der Waals surface area contributed by atoms with Gasteiger partial charge in [0, 0.05) is 23.7 Å². The molecule has 1 aromatic carbocycles. The van der Waals surface area contributed by atoms with Gasteiger partial charge >= 0.3 is 5.97 Å². The molecule has 1 aliphatic rings. The molecule has 3 heterocycles. The van der Waals surface area contributed by atoms with E-state index in [1.807, 2.05) is 12.3 Å². The number of aromatic carboxylic acids is 1. The van der Waals surface area contributed by atoms with Gasteiger partial charge in [-0.1, -0.05) is 6.92 Å². The molecule has 2 N–H and O–H groups in total. The molecule has 1 fully saturated rings. The lowest BCUT2D eigenvalue weighted by Gasteiger charge is -2.32. The van der Waals surface area contributed by atoms with Gasteiger partial charge in [-0.2, -0.15) is 0 Å². The van der Waals surface area contributed by atoms with E-state index in [0.29, 0.717) is 23.0 Å². The number of imidazole rings is 1. The smallest absolute Gasteiger partial charge is 0.337 e. The molecule has 1 aliphatic carbocycles. The SMILES string of the molecule is C[C@@H](c1nc2cc(C(=O)O)cnc2[nH]1)[C@H]1CC[C@@H](c2ccnc3ccc(F)cc32)CC1. The number of nitrogens with one attached hydrogen (secondary N) is 1. The Hall–Kier alpha value is -3.35. The zero-order valence-electron chi connectivity index (χ0n) is 17.2. The number of carbonyl (C=O) groups is 1. The number of aromatic nitrogens is 4. The lowest BCUT2D eigenvalue weighted by atomic mass is 9.73. The first-order chi connectivity index (χ1) is 15.0. The largest absolute Gasteiger partial charge is 0.478 e. The lowest BCUT2D eigenvalue weighted by molar-refractivity contribution is 0.0696. The fourth-order valence-corrected chi connectivity index (χ4v) is 4.90. The molecular formula is C24H23FN4O2. The summed E-state index contributed by atoms with van der Waals surface area (Å²) in [5, 5.41) is 10.1. The van der Waals surface area contributed by atoms with Crippen molar-refractivity contribution in [2.24, 2.45) is 5.92 Å². The van der Waals surface area contributed by atoms with Gasteiger partial charge < -0.3 is 10.1 Å². The number of rotatable bonds is 4. The van der Waals surface area contributed by atoms with Gasteiger partial charge in [-0.15, -0.1) is 0 Å². The van der Waals surface area contributed by atoms with E-state index in [1.54, 1.807) is 18.2 Å². The first-order valence-electron chi connectivity index (χ1n) is 10.6. The Kier molecular flexibility index (Phi) is 4.88. The van der Waals surface area contributed by atoms with Crippen molar-refractivity contribution in [1.29, 1.82) is 0 Å². The number of hydrogen-bond donors (Lipinski definition) is 2. The highest BCUT2D eigenvalue weighted by molar-refractivity contribution is 5.90. The number of nitrogens with zero attached hydrogens (tertiary/aromatic N) is 3. The van der Waals surface area contributed by atoms with Crippen LogP contribution in [0.3, 0.4) is 0 Å². The number of carboxylic acids is 1. The predicted octanol–water partition coefficient (Wildman–Crippen LogP) is 5.42. The van der Waals surface area contributed by atoms with Crippen molar-refractivity contribution in [3.05, 3.63) is 65.5 Å². The molecule has 0 spiro atoms. The summed E-state index contributed by atoms with van der Waals surface area (Å²) in [4.78, 5) is 27.7. The van der Waals surface area contributed by atoms with E-state index in [9.17, 15) is 9.18 Å². The van der Waals surface area contributed by atoms with Crippen molar-refractivity contribution >= 4 is 28.0 Å². The normalized spacial score (nSPS) is 20.2. The fourth-order valence-electron chi connectivity index (χ4n) is 4.90. The van der Waals surface area contributed by atoms with Crippen molar-refractivity contribution in [1.82, 2.24) is 19.9 Å². The van der Waals surface area contributed by atoms with E-state index < -0.39 is 5.97 Å². The van der Waals surface area contributed by atoms with E-state index >= 15 is 0 Å². The van der Waals surface area contributed by atoms with Crippen LogP contribution in [0.25, 0.3) is 22.1 Å². The van der Waals surface area contributed by atoms with E-state index in [2.05, 4.69) is 26.9 Å². The third-order valence-corrected chi connectivity index (χ3v) is 6.69. The Morgan fingerprint density at radius 3 is 2.71 bits per heavy atom. The number of benzene rings is 1. The Labute approximate surface area is 178 Å². The lowest BCUT2D eigenvalue weighted by Crippen LogP contribution is -2.19. The monoisotopic (exact) mass is 418 g/mol. The van der Waals surface area contributed by atoms with Crippen molar-refractivity contribution in [3.63, 3.8) is 0 Å². The summed E-state index contributed by atoms with van der Waals surface area (Å²) in [7, 11) is 0. The van der Waals surface area contributed by atoms with Crippen LogP contribution in [-0.4, -0.2) is 31.0 Å². The van der Waals surface area contributed by atoms with Crippen LogP contribution in [0, 0.1) is 11.7 Å². The average molecular weight is 418 g/mol. The molecular weight excluding hydrogens is 395 g/mol. The molecule has 31 heavy (non-hydrogen) atoms. The molecule has 0 bridgehead atoms. The number of hydrogen-bond acceptors (Lipinski definition) is 4. The fraction of sp³-hybridized carbons (Fsp3) is 0.333. The third kappa shape index (κ3) is 3.65. The summed E-state index contributed by atoms with van der Waals surface area (Å²) in [5.41, 5.74) is 3.36. The molecule has 6 nitrogen and oxygen atoms in total. The minimum Gasteiger partial charge on any atom is -0.478 e. The third-order valence-electron chi connectivity index (χ3n) is 6.69. The summed E-state index contributed by atoms with van der Waals surface area (Å²) < 4.78 is 13.8. The Morgan fingerprint density at radius 2 is 1.94 bits per heavy atom. The second kappa shape index (κ2) is 7.72. The summed E-state index contributed by atoms with van der Waals surface area (Å²) >= 11 is 0. The van der Waals surface area contributed by atoms with Crippen LogP contribution in [0.2, 0.25) is 0 Å². The zero-order valence-corrected chi connectivity index (χ0v) is 17.2. The molecule has 5 rings (SSSR count). The molecule has 0 saturated heterocycles. The van der Waals surface area contributed by atoms with Gasteiger partial charge in [0.05, 0.1) is 11.1 Å². The highest BCUT2D eigenvalue weighted by Gasteiger charge is 2.29. The van der Waals surface area contributed by atoms with Gasteiger partial charge in [0.15, 0.2) is 5.65 Å². The number of aromatic amines is 1. The molecule has 0 amide bonds. The zero-order chi connectivity index (χ0) is 21.5. The molecule has 1 saturated carbocycles. The standard InChI is InChI=1S/C24H23FN4O2/c1-13(22-28-21-10-16(24(30)31)12-27-23(21)29-22)14-2-4-15(5-3-14)18-8-9-26-20-7-6-17(25)11-19(18)20/h6-15H,2-5H2,1H3,(H,30,31)(H,27,28,29)/t13-,14-,15+/m1/s1. The predicted molar refractivity (Wildman–Crippen MR) is 116 cm³/mol. The molecule has 7 heteroatoms. The first-order valence-corrected chi connectivity index (χ1v) is 10.6. The van der Waals surface area contributed by atoms with Crippen molar-refractivity contribution < 1.29 is 14.3 Å². The first kappa shape index (κ1) is 19.6. The van der Waals surface area contributed by atoms with Crippen LogP contribution >= 0.6 is 0 Å². The van der Waals surface area contributed by atoms with Crippen LogP contribution < -0.4 is 0 Å². The van der Waals surface area contributed by atoms with Gasteiger partial charge in [0.25, 0.3) is 0 Å². The average Bonchev–Trinajstić information content (AvgIpc) is 3.21. The van der Waals surface area contributed by atoms with E-state index in [0.717, 1.165) is 42.4 Å². The van der Waals surface area contributed by atoms with Crippen molar-refractivity contribution in [2.75, 3.05) is 0 Å². The van der Waals surface area contributed by atoms with Crippen molar-refractivity contribution in [3.8, 4) is 0 Å². The Bertz CT molecular complexity index is 1280. The van der Waals surface area contributed by atoms with Gasteiger partial charge in [0.1, 0.15) is 17.2 Å².